The number of ketones is 1. The smallest absolute Gasteiger partial charge is 0.183 e. The number of rotatable bonds is 3. The van der Waals surface area contributed by atoms with Gasteiger partial charge in [-0.2, -0.15) is 9.90 Å². The molecule has 0 saturated heterocycles. The number of aromatic nitrogens is 3. The van der Waals surface area contributed by atoms with Crippen LogP contribution in [0.25, 0.3) is 5.69 Å². The van der Waals surface area contributed by atoms with E-state index in [1.165, 1.54) is 11.7 Å². The maximum atomic E-state index is 11.3. The maximum absolute atomic E-state index is 11.3. The van der Waals surface area contributed by atoms with Gasteiger partial charge in [-0.3, -0.25) is 4.79 Å². The first-order valence-electron chi connectivity index (χ1n) is 5.46. The number of carbonyl (C=O) groups excluding carboxylic acids is 1. The van der Waals surface area contributed by atoms with Gasteiger partial charge >= 0.3 is 0 Å². The maximum Gasteiger partial charge on any atom is 0.183 e. The number of aryl methyl sites for hydroxylation is 1. The standard InChI is InChI=1S/C12H11ClN4O2/c1-7-11(12(16-19)8(2)18)15-17(14-7)10-5-3-4-9(13)6-10/h3-6,19H,1-2H3/b16-12+. The molecule has 0 saturated carbocycles. The second-order valence-corrected chi connectivity index (χ2v) is 4.34. The zero-order chi connectivity index (χ0) is 14.0. The predicted octanol–water partition coefficient (Wildman–Crippen LogP) is 2.00. The van der Waals surface area contributed by atoms with Crippen molar-refractivity contribution in [3.8, 4) is 5.69 Å². The van der Waals surface area contributed by atoms with Crippen LogP contribution in [0.1, 0.15) is 18.3 Å². The SMILES string of the molecule is CC(=O)/C(=N\O)c1nn(-c2cccc(Cl)c2)nc1C. The molecule has 7 heteroatoms. The van der Waals surface area contributed by atoms with Gasteiger partial charge < -0.3 is 5.21 Å². The highest BCUT2D eigenvalue weighted by Gasteiger charge is 2.18. The normalized spacial score (nSPS) is 11.6. The summed E-state index contributed by atoms with van der Waals surface area (Å²) in [5, 5.41) is 20.7. The first-order chi connectivity index (χ1) is 9.02. The molecule has 0 fully saturated rings. The molecule has 0 aliphatic carbocycles. The Morgan fingerprint density at radius 3 is 2.74 bits per heavy atom. The van der Waals surface area contributed by atoms with E-state index in [0.29, 0.717) is 16.4 Å². The van der Waals surface area contributed by atoms with Crippen LogP contribution in [0.5, 0.6) is 0 Å². The van der Waals surface area contributed by atoms with Crippen molar-refractivity contribution in [1.29, 1.82) is 0 Å². The highest BCUT2D eigenvalue weighted by atomic mass is 35.5. The summed E-state index contributed by atoms with van der Waals surface area (Å²) in [5.74, 6) is -0.385. The molecule has 0 radical (unpaired) electrons. The Morgan fingerprint density at radius 2 is 2.16 bits per heavy atom. The number of hydrogen-bond acceptors (Lipinski definition) is 5. The van der Waals surface area contributed by atoms with Gasteiger partial charge in [0.2, 0.25) is 0 Å². The Balaban J connectivity index is 2.50. The summed E-state index contributed by atoms with van der Waals surface area (Å²) in [6.07, 6.45) is 0. The Labute approximate surface area is 114 Å². The number of Topliss-reactive ketones (excluding diaryl/α,β-unsaturated/α-hetero) is 1. The molecule has 1 aromatic heterocycles. The topological polar surface area (TPSA) is 80.4 Å². The molecule has 0 aliphatic rings. The Bertz CT molecular complexity index is 663. The number of nitrogens with zero attached hydrogens (tertiary/aromatic N) is 4. The van der Waals surface area contributed by atoms with Gasteiger partial charge in [-0.1, -0.05) is 22.8 Å². The van der Waals surface area contributed by atoms with Gasteiger partial charge in [-0.05, 0) is 25.1 Å². The third kappa shape index (κ3) is 2.63. The number of carbonyl (C=O) groups is 1. The van der Waals surface area contributed by atoms with Crippen molar-refractivity contribution in [2.45, 2.75) is 13.8 Å². The monoisotopic (exact) mass is 278 g/mol. The minimum absolute atomic E-state index is 0.120. The van der Waals surface area contributed by atoms with E-state index in [0.717, 1.165) is 0 Å². The molecule has 2 rings (SSSR count). The van der Waals surface area contributed by atoms with Crippen LogP contribution < -0.4 is 0 Å². The molecule has 0 aliphatic heterocycles. The summed E-state index contributed by atoms with van der Waals surface area (Å²) in [7, 11) is 0. The molecule has 6 nitrogen and oxygen atoms in total. The van der Waals surface area contributed by atoms with E-state index < -0.39 is 0 Å². The van der Waals surface area contributed by atoms with Crippen LogP contribution in [0.3, 0.4) is 0 Å². The molecule has 98 valence electrons. The minimum atomic E-state index is -0.385. The molecule has 0 atom stereocenters. The lowest BCUT2D eigenvalue weighted by Gasteiger charge is -1.99. The molecule has 19 heavy (non-hydrogen) atoms. The van der Waals surface area contributed by atoms with Crippen LogP contribution in [0, 0.1) is 6.92 Å². The highest BCUT2D eigenvalue weighted by molar-refractivity contribution is 6.44. The van der Waals surface area contributed by atoms with Crippen molar-refractivity contribution in [3.05, 3.63) is 40.7 Å². The van der Waals surface area contributed by atoms with Gasteiger partial charge in [0, 0.05) is 11.9 Å². The lowest BCUT2D eigenvalue weighted by Crippen LogP contribution is -2.14. The van der Waals surface area contributed by atoms with Crippen molar-refractivity contribution in [2.24, 2.45) is 5.16 Å². The van der Waals surface area contributed by atoms with E-state index in [1.807, 2.05) is 0 Å². The van der Waals surface area contributed by atoms with Crippen LogP contribution in [0.4, 0.5) is 0 Å². The van der Waals surface area contributed by atoms with Crippen LogP contribution >= 0.6 is 11.6 Å². The van der Waals surface area contributed by atoms with Gasteiger partial charge in [0.25, 0.3) is 0 Å². The van der Waals surface area contributed by atoms with E-state index in [9.17, 15) is 4.79 Å². The summed E-state index contributed by atoms with van der Waals surface area (Å²) in [5.41, 5.74) is 1.27. The molecule has 0 unspecified atom stereocenters. The Hall–Kier alpha value is -2.21. The van der Waals surface area contributed by atoms with E-state index >= 15 is 0 Å². The quantitative estimate of drug-likeness (QED) is 0.529. The Kier molecular flexibility index (Phi) is 3.62. The molecule has 2 aromatic rings. The molecule has 0 amide bonds. The number of hydrogen-bond donors (Lipinski definition) is 1. The van der Waals surface area contributed by atoms with Crippen LogP contribution in [0.15, 0.2) is 29.4 Å². The predicted molar refractivity (Wildman–Crippen MR) is 70.1 cm³/mol. The summed E-state index contributed by atoms with van der Waals surface area (Å²) in [6.45, 7) is 2.98. The summed E-state index contributed by atoms with van der Waals surface area (Å²) < 4.78 is 0. The van der Waals surface area contributed by atoms with Gasteiger partial charge in [0.05, 0.1) is 11.4 Å². The van der Waals surface area contributed by atoms with Crippen molar-refractivity contribution < 1.29 is 10.0 Å². The molecule has 0 bridgehead atoms. The van der Waals surface area contributed by atoms with Crippen molar-refractivity contribution in [3.63, 3.8) is 0 Å². The van der Waals surface area contributed by atoms with Crippen molar-refractivity contribution >= 4 is 23.1 Å². The number of oxime groups is 1. The minimum Gasteiger partial charge on any atom is -0.410 e. The highest BCUT2D eigenvalue weighted by Crippen LogP contribution is 2.14. The fourth-order valence-electron chi connectivity index (χ4n) is 1.60. The fourth-order valence-corrected chi connectivity index (χ4v) is 1.78. The number of halogens is 1. The first-order valence-corrected chi connectivity index (χ1v) is 5.84. The van der Waals surface area contributed by atoms with Gasteiger partial charge in [0.1, 0.15) is 5.69 Å². The zero-order valence-corrected chi connectivity index (χ0v) is 11.1. The molecule has 1 heterocycles. The largest absolute Gasteiger partial charge is 0.410 e. The van der Waals surface area contributed by atoms with E-state index in [2.05, 4.69) is 15.4 Å². The third-order valence-electron chi connectivity index (χ3n) is 2.48. The van der Waals surface area contributed by atoms with Gasteiger partial charge in [-0.25, -0.2) is 0 Å². The molecule has 1 aromatic carbocycles. The van der Waals surface area contributed by atoms with Gasteiger partial charge in [0.15, 0.2) is 11.5 Å². The Morgan fingerprint density at radius 1 is 1.42 bits per heavy atom. The van der Waals surface area contributed by atoms with Crippen molar-refractivity contribution in [1.82, 2.24) is 15.0 Å². The summed E-state index contributed by atoms with van der Waals surface area (Å²) in [4.78, 5) is 12.7. The second-order valence-electron chi connectivity index (χ2n) is 3.91. The summed E-state index contributed by atoms with van der Waals surface area (Å²) in [6, 6.07) is 6.97. The lowest BCUT2D eigenvalue weighted by atomic mass is 10.2. The van der Waals surface area contributed by atoms with Crippen LogP contribution in [0.2, 0.25) is 5.02 Å². The molecular formula is C12H11ClN4O2. The van der Waals surface area contributed by atoms with E-state index in [1.54, 1.807) is 31.2 Å². The fraction of sp³-hybridized carbons (Fsp3) is 0.167. The average molecular weight is 279 g/mol. The molecular weight excluding hydrogens is 268 g/mol. The van der Waals surface area contributed by atoms with Crippen LogP contribution in [-0.4, -0.2) is 31.7 Å². The van der Waals surface area contributed by atoms with Crippen LogP contribution in [-0.2, 0) is 4.79 Å². The first kappa shape index (κ1) is 13.2. The number of benzene rings is 1. The second kappa shape index (κ2) is 5.19. The van der Waals surface area contributed by atoms with Crippen molar-refractivity contribution in [2.75, 3.05) is 0 Å². The molecule has 0 spiro atoms. The lowest BCUT2D eigenvalue weighted by molar-refractivity contribution is -0.111. The van der Waals surface area contributed by atoms with E-state index in [4.69, 9.17) is 16.8 Å². The van der Waals surface area contributed by atoms with E-state index in [-0.39, 0.29) is 17.2 Å². The average Bonchev–Trinajstić information content (AvgIpc) is 2.72. The zero-order valence-electron chi connectivity index (χ0n) is 10.3. The van der Waals surface area contributed by atoms with Gasteiger partial charge in [-0.15, -0.1) is 5.10 Å². The molecule has 1 N–H and O–H groups in total. The third-order valence-corrected chi connectivity index (χ3v) is 2.71. The summed E-state index contributed by atoms with van der Waals surface area (Å²) >= 11 is 5.89.